The van der Waals surface area contributed by atoms with Crippen molar-refractivity contribution in [1.82, 2.24) is 14.8 Å². The largest absolute Gasteiger partial charge is 0.462 e. The Hall–Kier alpha value is -3.29. The summed E-state index contributed by atoms with van der Waals surface area (Å²) in [6.45, 7) is 5.82. The lowest BCUT2D eigenvalue weighted by Gasteiger charge is -2.10. The molecule has 3 rings (SSSR count). The van der Waals surface area contributed by atoms with Gasteiger partial charge in [0.05, 0.1) is 39.9 Å². The van der Waals surface area contributed by atoms with Gasteiger partial charge in [0.1, 0.15) is 0 Å². The highest BCUT2D eigenvalue weighted by Gasteiger charge is 2.22. The van der Waals surface area contributed by atoms with Crippen molar-refractivity contribution in [2.45, 2.75) is 26.8 Å². The van der Waals surface area contributed by atoms with Gasteiger partial charge in [-0.25, -0.2) is 14.5 Å². The summed E-state index contributed by atoms with van der Waals surface area (Å²) in [7, 11) is 0. The zero-order chi connectivity index (χ0) is 18.8. The third kappa shape index (κ3) is 3.01. The standard InChI is InChI=1S/C18H18N4O4/c1-4-26-18(23)13-9-15(12-7-5-6-8-16(12)22(24)25)20-17-14(13)10-19-21(17)11(2)3/h5-11H,4H2,1-3H3. The van der Waals surface area contributed by atoms with Crippen molar-refractivity contribution in [3.8, 4) is 11.3 Å². The predicted molar refractivity (Wildman–Crippen MR) is 96.0 cm³/mol. The fourth-order valence-electron chi connectivity index (χ4n) is 2.76. The van der Waals surface area contributed by atoms with Crippen LogP contribution in [0.2, 0.25) is 0 Å². The lowest BCUT2D eigenvalue weighted by molar-refractivity contribution is -0.384. The number of nitro benzene ring substituents is 1. The molecular weight excluding hydrogens is 336 g/mol. The summed E-state index contributed by atoms with van der Waals surface area (Å²) >= 11 is 0. The van der Waals surface area contributed by atoms with Crippen LogP contribution in [-0.2, 0) is 4.74 Å². The maximum absolute atomic E-state index is 12.4. The summed E-state index contributed by atoms with van der Waals surface area (Å²) in [5.74, 6) is -0.511. The maximum atomic E-state index is 12.4. The van der Waals surface area contributed by atoms with Crippen molar-refractivity contribution in [2.24, 2.45) is 0 Å². The van der Waals surface area contributed by atoms with Crippen molar-refractivity contribution in [1.29, 1.82) is 0 Å². The fraction of sp³-hybridized carbons (Fsp3) is 0.278. The second-order valence-corrected chi connectivity index (χ2v) is 5.97. The van der Waals surface area contributed by atoms with Gasteiger partial charge in [-0.1, -0.05) is 12.1 Å². The van der Waals surface area contributed by atoms with E-state index in [2.05, 4.69) is 10.1 Å². The molecule has 0 N–H and O–H groups in total. The Morgan fingerprint density at radius 3 is 2.73 bits per heavy atom. The minimum Gasteiger partial charge on any atom is -0.462 e. The van der Waals surface area contributed by atoms with Crippen LogP contribution in [0.5, 0.6) is 0 Å². The van der Waals surface area contributed by atoms with E-state index >= 15 is 0 Å². The Balaban J connectivity index is 2.32. The Morgan fingerprint density at radius 1 is 1.35 bits per heavy atom. The number of nitrogens with zero attached hydrogens (tertiary/aromatic N) is 4. The molecule has 1 aromatic carbocycles. The smallest absolute Gasteiger partial charge is 0.339 e. The normalized spacial score (nSPS) is 11.1. The average molecular weight is 354 g/mol. The molecule has 0 aliphatic rings. The molecule has 0 saturated heterocycles. The molecule has 0 bridgehead atoms. The number of rotatable bonds is 5. The third-order valence-corrected chi connectivity index (χ3v) is 3.93. The number of nitro groups is 1. The first kappa shape index (κ1) is 17.5. The number of pyridine rings is 1. The van der Waals surface area contributed by atoms with Gasteiger partial charge in [0.25, 0.3) is 5.69 Å². The van der Waals surface area contributed by atoms with Gasteiger partial charge in [0, 0.05) is 12.1 Å². The first-order chi connectivity index (χ1) is 12.4. The van der Waals surface area contributed by atoms with Gasteiger partial charge >= 0.3 is 5.97 Å². The molecule has 8 heteroatoms. The number of benzene rings is 1. The molecule has 0 atom stereocenters. The number of fused-ring (bicyclic) bond motifs is 1. The van der Waals surface area contributed by atoms with Crippen LogP contribution in [0.1, 0.15) is 37.2 Å². The summed E-state index contributed by atoms with van der Waals surface area (Å²) in [5, 5.41) is 16.2. The van der Waals surface area contributed by atoms with Gasteiger partial charge in [0.15, 0.2) is 5.65 Å². The van der Waals surface area contributed by atoms with Crippen molar-refractivity contribution in [3.05, 3.63) is 52.2 Å². The maximum Gasteiger partial charge on any atom is 0.339 e. The van der Waals surface area contributed by atoms with Crippen LogP contribution in [0.25, 0.3) is 22.3 Å². The topological polar surface area (TPSA) is 100 Å². The highest BCUT2D eigenvalue weighted by molar-refractivity contribution is 6.04. The van der Waals surface area contributed by atoms with Crippen molar-refractivity contribution in [2.75, 3.05) is 6.61 Å². The molecule has 2 aromatic heterocycles. The van der Waals surface area contributed by atoms with E-state index < -0.39 is 10.9 Å². The minimum atomic E-state index is -0.511. The Bertz CT molecular complexity index is 994. The third-order valence-electron chi connectivity index (χ3n) is 3.93. The molecule has 0 unspecified atom stereocenters. The van der Waals surface area contributed by atoms with Crippen LogP contribution in [0.15, 0.2) is 36.5 Å². The summed E-state index contributed by atoms with van der Waals surface area (Å²) in [6.07, 6.45) is 1.57. The molecule has 0 spiro atoms. The second kappa shape index (κ2) is 6.91. The van der Waals surface area contributed by atoms with E-state index in [4.69, 9.17) is 4.74 Å². The lowest BCUT2D eigenvalue weighted by Crippen LogP contribution is -2.08. The number of carbonyl (C=O) groups is 1. The number of hydrogen-bond donors (Lipinski definition) is 0. The molecule has 3 aromatic rings. The molecule has 0 aliphatic carbocycles. The lowest BCUT2D eigenvalue weighted by atomic mass is 10.1. The predicted octanol–water partition coefficient (Wildman–Crippen LogP) is 3.76. The van der Waals surface area contributed by atoms with E-state index in [9.17, 15) is 14.9 Å². The molecule has 0 aliphatic heterocycles. The summed E-state index contributed by atoms with van der Waals surface area (Å²) < 4.78 is 6.81. The van der Waals surface area contributed by atoms with Crippen molar-refractivity contribution in [3.63, 3.8) is 0 Å². The Morgan fingerprint density at radius 2 is 2.08 bits per heavy atom. The van der Waals surface area contributed by atoms with Gasteiger partial charge in [-0.05, 0) is 32.9 Å². The Kier molecular flexibility index (Phi) is 4.66. The number of ether oxygens (including phenoxy) is 1. The number of carbonyl (C=O) groups excluding carboxylic acids is 1. The van der Waals surface area contributed by atoms with Crippen LogP contribution in [0, 0.1) is 10.1 Å². The summed E-state index contributed by atoms with van der Waals surface area (Å²) in [6, 6.07) is 7.83. The molecule has 0 saturated carbocycles. The number of esters is 1. The van der Waals surface area contributed by atoms with E-state index in [1.807, 2.05) is 13.8 Å². The minimum absolute atomic E-state index is 0.0102. The molecule has 26 heavy (non-hydrogen) atoms. The van der Waals surface area contributed by atoms with Gasteiger partial charge in [-0.15, -0.1) is 0 Å². The van der Waals surface area contributed by atoms with E-state index in [0.29, 0.717) is 22.3 Å². The summed E-state index contributed by atoms with van der Waals surface area (Å²) in [5.41, 5.74) is 1.36. The second-order valence-electron chi connectivity index (χ2n) is 5.97. The first-order valence-corrected chi connectivity index (χ1v) is 8.23. The number of hydrogen-bond acceptors (Lipinski definition) is 6. The van der Waals surface area contributed by atoms with Gasteiger partial charge in [-0.2, -0.15) is 5.10 Å². The fourth-order valence-corrected chi connectivity index (χ4v) is 2.76. The van der Waals surface area contributed by atoms with Gasteiger partial charge < -0.3 is 4.74 Å². The van der Waals surface area contributed by atoms with E-state index in [-0.39, 0.29) is 23.9 Å². The monoisotopic (exact) mass is 354 g/mol. The van der Waals surface area contributed by atoms with Gasteiger partial charge in [0.2, 0.25) is 0 Å². The SMILES string of the molecule is CCOC(=O)c1cc(-c2ccccc2[N+](=O)[O-])nc2c1cnn2C(C)C. The molecular formula is C18H18N4O4. The summed E-state index contributed by atoms with van der Waals surface area (Å²) in [4.78, 5) is 27.9. The van der Waals surface area contributed by atoms with Crippen LogP contribution < -0.4 is 0 Å². The zero-order valence-corrected chi connectivity index (χ0v) is 14.7. The van der Waals surface area contributed by atoms with Crippen LogP contribution >= 0.6 is 0 Å². The molecule has 0 radical (unpaired) electrons. The molecule has 0 amide bonds. The molecule has 134 valence electrons. The average Bonchev–Trinajstić information content (AvgIpc) is 3.05. The van der Waals surface area contributed by atoms with Crippen molar-refractivity contribution < 1.29 is 14.5 Å². The Labute approximate surface area is 149 Å². The van der Waals surface area contributed by atoms with Crippen LogP contribution in [-0.4, -0.2) is 32.3 Å². The van der Waals surface area contributed by atoms with E-state index in [1.54, 1.807) is 36.0 Å². The van der Waals surface area contributed by atoms with Crippen LogP contribution in [0.3, 0.4) is 0 Å². The highest BCUT2D eigenvalue weighted by Crippen LogP contribution is 2.32. The first-order valence-electron chi connectivity index (χ1n) is 8.23. The van der Waals surface area contributed by atoms with E-state index in [1.165, 1.54) is 12.1 Å². The molecule has 2 heterocycles. The van der Waals surface area contributed by atoms with Gasteiger partial charge in [-0.3, -0.25) is 10.1 Å². The van der Waals surface area contributed by atoms with Crippen molar-refractivity contribution >= 4 is 22.7 Å². The molecule has 8 nitrogen and oxygen atoms in total. The quantitative estimate of drug-likeness (QED) is 0.393. The zero-order valence-electron chi connectivity index (χ0n) is 14.7. The highest BCUT2D eigenvalue weighted by atomic mass is 16.6. The number of aromatic nitrogens is 3. The molecule has 0 fully saturated rings. The van der Waals surface area contributed by atoms with E-state index in [0.717, 1.165) is 0 Å². The number of para-hydroxylation sites is 1. The van der Waals surface area contributed by atoms with Crippen LogP contribution in [0.4, 0.5) is 5.69 Å².